The third-order valence-electron chi connectivity index (χ3n) is 5.79. The summed E-state index contributed by atoms with van der Waals surface area (Å²) < 4.78 is 10.5. The van der Waals surface area contributed by atoms with Crippen molar-refractivity contribution in [3.8, 4) is 28.2 Å². The second-order valence-corrected chi connectivity index (χ2v) is 8.33. The molecule has 184 valence electrons. The van der Waals surface area contributed by atoms with Crippen LogP contribution in [0, 0.1) is 0 Å². The summed E-state index contributed by atoms with van der Waals surface area (Å²) >= 11 is 0. The van der Waals surface area contributed by atoms with Crippen LogP contribution in [0.3, 0.4) is 0 Å². The Bertz CT molecular complexity index is 1300. The maximum atomic E-state index is 12.9. The van der Waals surface area contributed by atoms with E-state index in [1.165, 1.54) is 6.07 Å². The molecule has 0 unspecified atom stereocenters. The van der Waals surface area contributed by atoms with E-state index in [0.717, 1.165) is 22.3 Å². The number of aliphatic carboxylic acids is 1. The van der Waals surface area contributed by atoms with Crippen molar-refractivity contribution >= 4 is 11.9 Å². The summed E-state index contributed by atoms with van der Waals surface area (Å²) in [4.78, 5) is 24.1. The summed E-state index contributed by atoms with van der Waals surface area (Å²) in [6.45, 7) is 0. The first-order valence-electron chi connectivity index (χ1n) is 11.4. The number of carboxylic acid groups (broad SMARTS) is 1. The first-order chi connectivity index (χ1) is 17.4. The van der Waals surface area contributed by atoms with Crippen LogP contribution in [0.1, 0.15) is 22.5 Å². The lowest BCUT2D eigenvalue weighted by atomic mass is 9.97. The van der Waals surface area contributed by atoms with E-state index in [-0.39, 0.29) is 12.1 Å². The quantitative estimate of drug-likeness (QED) is 0.307. The smallest absolute Gasteiger partial charge is 0.332 e. The van der Waals surface area contributed by atoms with Crippen molar-refractivity contribution in [1.82, 2.24) is 10.5 Å². The number of hydrogen-bond donors (Lipinski definition) is 3. The van der Waals surface area contributed by atoms with Crippen LogP contribution in [0.4, 0.5) is 0 Å². The standard InChI is InChI=1S/C28H26N2O6/c1-35-23-13-11-21(12-14-23)26-17-24(30-36-26)27(32)29-22(16-25(31)28(33)34)15-18-7-9-20(10-8-18)19-5-3-2-4-6-19/h2-14,17,22,25,31H,15-16H2,1H3,(H,29,32)(H,33,34)/t22-,25-/m1/s1. The van der Waals surface area contributed by atoms with Crippen LogP contribution in [0.5, 0.6) is 5.75 Å². The molecule has 0 aliphatic rings. The minimum atomic E-state index is -1.62. The number of rotatable bonds is 10. The van der Waals surface area contributed by atoms with Crippen LogP contribution in [-0.4, -0.2) is 46.5 Å². The van der Waals surface area contributed by atoms with Gasteiger partial charge in [-0.15, -0.1) is 0 Å². The SMILES string of the molecule is COc1ccc(-c2cc(C(=O)N[C@H](Cc3ccc(-c4ccccc4)cc3)C[C@@H](O)C(=O)O)no2)cc1. The molecule has 1 aromatic heterocycles. The van der Waals surface area contributed by atoms with Crippen molar-refractivity contribution in [1.29, 1.82) is 0 Å². The third kappa shape index (κ3) is 6.17. The van der Waals surface area contributed by atoms with Crippen LogP contribution in [0.15, 0.2) is 89.5 Å². The van der Waals surface area contributed by atoms with E-state index in [1.807, 2.05) is 54.6 Å². The number of nitrogens with one attached hydrogen (secondary N) is 1. The van der Waals surface area contributed by atoms with E-state index in [1.54, 1.807) is 31.4 Å². The minimum absolute atomic E-state index is 0.0510. The Kier molecular flexibility index (Phi) is 7.77. The molecule has 4 aromatic rings. The van der Waals surface area contributed by atoms with Gasteiger partial charge < -0.3 is 24.8 Å². The van der Waals surface area contributed by atoms with Crippen LogP contribution >= 0.6 is 0 Å². The lowest BCUT2D eigenvalue weighted by molar-refractivity contribution is -0.147. The van der Waals surface area contributed by atoms with Gasteiger partial charge in [0.2, 0.25) is 0 Å². The second-order valence-electron chi connectivity index (χ2n) is 8.33. The number of nitrogens with zero attached hydrogens (tertiary/aromatic N) is 1. The van der Waals surface area contributed by atoms with Crippen molar-refractivity contribution in [2.45, 2.75) is 25.0 Å². The van der Waals surface area contributed by atoms with E-state index in [2.05, 4.69) is 10.5 Å². The Balaban J connectivity index is 1.47. The van der Waals surface area contributed by atoms with Crippen molar-refractivity contribution < 1.29 is 29.1 Å². The van der Waals surface area contributed by atoms with E-state index in [0.29, 0.717) is 17.9 Å². The summed E-state index contributed by atoms with van der Waals surface area (Å²) in [6, 6.07) is 25.7. The summed E-state index contributed by atoms with van der Waals surface area (Å²) in [5.41, 5.74) is 3.78. The molecule has 3 aromatic carbocycles. The van der Waals surface area contributed by atoms with Gasteiger partial charge >= 0.3 is 5.97 Å². The number of aliphatic hydroxyl groups is 1. The lowest BCUT2D eigenvalue weighted by Gasteiger charge is -2.20. The molecular weight excluding hydrogens is 460 g/mol. The predicted octanol–water partition coefficient (Wildman–Crippen LogP) is 4.19. The van der Waals surface area contributed by atoms with Gasteiger partial charge in [-0.3, -0.25) is 4.79 Å². The maximum Gasteiger partial charge on any atom is 0.332 e. The number of aromatic nitrogens is 1. The summed E-state index contributed by atoms with van der Waals surface area (Å²) in [5, 5.41) is 25.8. The number of aliphatic hydroxyl groups excluding tert-OH is 1. The highest BCUT2D eigenvalue weighted by molar-refractivity contribution is 5.93. The fraction of sp³-hybridized carbons (Fsp3) is 0.179. The molecule has 0 fully saturated rings. The number of amides is 1. The Labute approximate surface area is 208 Å². The van der Waals surface area contributed by atoms with Crippen LogP contribution in [0.2, 0.25) is 0 Å². The molecule has 1 amide bonds. The molecule has 8 nitrogen and oxygen atoms in total. The van der Waals surface area contributed by atoms with E-state index in [9.17, 15) is 19.8 Å². The zero-order valence-electron chi connectivity index (χ0n) is 19.6. The number of ether oxygens (including phenoxy) is 1. The first-order valence-corrected chi connectivity index (χ1v) is 11.4. The van der Waals surface area contributed by atoms with Crippen LogP contribution < -0.4 is 10.1 Å². The monoisotopic (exact) mass is 486 g/mol. The highest BCUT2D eigenvalue weighted by Gasteiger charge is 2.24. The summed E-state index contributed by atoms with van der Waals surface area (Å²) in [6.07, 6.45) is -1.45. The van der Waals surface area contributed by atoms with Gasteiger partial charge in [0.1, 0.15) is 5.75 Å². The molecule has 1 heterocycles. The molecule has 0 aliphatic heterocycles. The highest BCUT2D eigenvalue weighted by Crippen LogP contribution is 2.24. The third-order valence-corrected chi connectivity index (χ3v) is 5.79. The van der Waals surface area contributed by atoms with Gasteiger partial charge in [-0.2, -0.15) is 0 Å². The zero-order chi connectivity index (χ0) is 25.5. The minimum Gasteiger partial charge on any atom is -0.497 e. The molecule has 0 saturated heterocycles. The highest BCUT2D eigenvalue weighted by atomic mass is 16.5. The summed E-state index contributed by atoms with van der Waals surface area (Å²) in [7, 11) is 1.57. The maximum absolute atomic E-state index is 12.9. The van der Waals surface area contributed by atoms with Crippen LogP contribution in [-0.2, 0) is 11.2 Å². The van der Waals surface area contributed by atoms with Gasteiger partial charge in [0.05, 0.1) is 7.11 Å². The Morgan fingerprint density at radius 1 is 0.944 bits per heavy atom. The van der Waals surface area contributed by atoms with Gasteiger partial charge in [0.25, 0.3) is 5.91 Å². The predicted molar refractivity (Wildman–Crippen MR) is 134 cm³/mol. The first kappa shape index (κ1) is 24.7. The number of hydrogen-bond acceptors (Lipinski definition) is 6. The zero-order valence-corrected chi connectivity index (χ0v) is 19.6. The average molecular weight is 487 g/mol. The molecule has 0 saturated carbocycles. The van der Waals surface area contributed by atoms with Gasteiger partial charge in [-0.25, -0.2) is 4.79 Å². The van der Waals surface area contributed by atoms with Gasteiger partial charge in [0.15, 0.2) is 17.6 Å². The molecule has 2 atom stereocenters. The Morgan fingerprint density at radius 3 is 2.22 bits per heavy atom. The number of carbonyl (C=O) groups excluding carboxylic acids is 1. The molecule has 8 heteroatoms. The topological polar surface area (TPSA) is 122 Å². The summed E-state index contributed by atoms with van der Waals surface area (Å²) in [5.74, 6) is -0.784. The molecule has 36 heavy (non-hydrogen) atoms. The molecule has 3 N–H and O–H groups in total. The van der Waals surface area contributed by atoms with Gasteiger partial charge in [-0.1, -0.05) is 59.8 Å². The molecule has 4 rings (SSSR count). The number of methoxy groups -OCH3 is 1. The fourth-order valence-electron chi connectivity index (χ4n) is 3.84. The van der Waals surface area contributed by atoms with Gasteiger partial charge in [0, 0.05) is 24.1 Å². The largest absolute Gasteiger partial charge is 0.497 e. The molecule has 0 spiro atoms. The number of benzene rings is 3. The van der Waals surface area contributed by atoms with E-state index in [4.69, 9.17) is 9.26 Å². The average Bonchev–Trinajstić information content (AvgIpc) is 3.40. The molecule has 0 aliphatic carbocycles. The molecular formula is C28H26N2O6. The fourth-order valence-corrected chi connectivity index (χ4v) is 3.84. The number of carboxylic acids is 1. The van der Waals surface area contributed by atoms with Crippen molar-refractivity contribution in [3.63, 3.8) is 0 Å². The van der Waals surface area contributed by atoms with Crippen molar-refractivity contribution in [2.75, 3.05) is 7.11 Å². The molecule has 0 bridgehead atoms. The van der Waals surface area contributed by atoms with Gasteiger partial charge in [-0.05, 0) is 47.4 Å². The van der Waals surface area contributed by atoms with Crippen LogP contribution in [0.25, 0.3) is 22.5 Å². The number of carbonyl (C=O) groups is 2. The van der Waals surface area contributed by atoms with E-state index < -0.39 is 24.0 Å². The molecule has 0 radical (unpaired) electrons. The Hall–Kier alpha value is -4.43. The van der Waals surface area contributed by atoms with Crippen molar-refractivity contribution in [3.05, 3.63) is 96.2 Å². The second kappa shape index (κ2) is 11.3. The normalized spacial score (nSPS) is 12.5. The van der Waals surface area contributed by atoms with E-state index >= 15 is 0 Å². The Morgan fingerprint density at radius 2 is 1.58 bits per heavy atom. The lowest BCUT2D eigenvalue weighted by Crippen LogP contribution is -2.40. The van der Waals surface area contributed by atoms with Crippen molar-refractivity contribution in [2.24, 2.45) is 0 Å².